The van der Waals surface area contributed by atoms with Crippen LogP contribution in [0.15, 0.2) is 41.1 Å². The van der Waals surface area contributed by atoms with Gasteiger partial charge in [0.1, 0.15) is 6.26 Å². The van der Waals surface area contributed by atoms with E-state index in [0.717, 1.165) is 24.0 Å². The summed E-state index contributed by atoms with van der Waals surface area (Å²) in [4.78, 5) is 15.8. The van der Waals surface area contributed by atoms with Crippen molar-refractivity contribution in [2.75, 3.05) is 0 Å². The van der Waals surface area contributed by atoms with Crippen molar-refractivity contribution in [3.63, 3.8) is 0 Å². The molecule has 1 aromatic heterocycles. The molecule has 19 heavy (non-hydrogen) atoms. The Hall–Kier alpha value is -2.10. The molecule has 1 saturated carbocycles. The van der Waals surface area contributed by atoms with E-state index in [1.165, 1.54) is 6.26 Å². The maximum atomic E-state index is 11.7. The average molecular weight is 257 g/mol. The van der Waals surface area contributed by atoms with Gasteiger partial charge in [0.15, 0.2) is 0 Å². The predicted molar refractivity (Wildman–Crippen MR) is 69.7 cm³/mol. The van der Waals surface area contributed by atoms with Gasteiger partial charge >= 0.3 is 5.97 Å². The minimum absolute atomic E-state index is 0.528. The lowest BCUT2D eigenvalue weighted by atomic mass is 9.78. The summed E-state index contributed by atoms with van der Waals surface area (Å²) in [7, 11) is 0. The number of benzene rings is 1. The Morgan fingerprint density at radius 3 is 2.74 bits per heavy atom. The molecular weight excluding hydrogens is 242 g/mol. The molecule has 1 aliphatic rings. The summed E-state index contributed by atoms with van der Waals surface area (Å²) in [5.74, 6) is -0.199. The highest BCUT2D eigenvalue weighted by atomic mass is 16.4. The van der Waals surface area contributed by atoms with Crippen LogP contribution in [-0.4, -0.2) is 16.1 Å². The molecule has 0 spiro atoms. The summed E-state index contributed by atoms with van der Waals surface area (Å²) in [5.41, 5.74) is 0.950. The molecule has 1 heterocycles. The Balaban J connectivity index is 2.05. The van der Waals surface area contributed by atoms with Crippen LogP contribution >= 0.6 is 0 Å². The fraction of sp³-hybridized carbons (Fsp3) is 0.333. The van der Waals surface area contributed by atoms with Crippen LogP contribution in [-0.2, 0) is 10.2 Å². The first-order valence-electron chi connectivity index (χ1n) is 6.46. The van der Waals surface area contributed by atoms with Crippen LogP contribution in [0.4, 0.5) is 0 Å². The number of oxazole rings is 1. The predicted octanol–water partition coefficient (Wildman–Crippen LogP) is 3.24. The van der Waals surface area contributed by atoms with Crippen LogP contribution in [0.2, 0.25) is 0 Å². The molecule has 0 amide bonds. The van der Waals surface area contributed by atoms with Gasteiger partial charge < -0.3 is 9.52 Å². The van der Waals surface area contributed by atoms with E-state index in [0.29, 0.717) is 18.7 Å². The second-order valence-electron chi connectivity index (χ2n) is 5.01. The maximum absolute atomic E-state index is 11.7. The Kier molecular flexibility index (Phi) is 2.85. The SMILES string of the molecule is O=C(O)C1(c2cccc(-c3ncco3)c2)CCCC1. The topological polar surface area (TPSA) is 63.3 Å². The van der Waals surface area contributed by atoms with E-state index in [4.69, 9.17) is 4.42 Å². The summed E-state index contributed by atoms with van der Waals surface area (Å²) in [6, 6.07) is 7.55. The van der Waals surface area contributed by atoms with Gasteiger partial charge in [0.2, 0.25) is 5.89 Å². The van der Waals surface area contributed by atoms with E-state index in [1.54, 1.807) is 6.20 Å². The van der Waals surface area contributed by atoms with Crippen molar-refractivity contribution in [2.24, 2.45) is 0 Å². The standard InChI is InChI=1S/C15H15NO3/c17-14(18)15(6-1-2-7-15)12-5-3-4-11(10-12)13-16-8-9-19-13/h3-5,8-10H,1-2,6-7H2,(H,17,18). The zero-order valence-electron chi connectivity index (χ0n) is 10.5. The third-order valence-electron chi connectivity index (χ3n) is 3.96. The minimum Gasteiger partial charge on any atom is -0.481 e. The molecule has 0 atom stereocenters. The van der Waals surface area contributed by atoms with Crippen molar-refractivity contribution in [3.05, 3.63) is 42.3 Å². The Morgan fingerprint density at radius 1 is 1.32 bits per heavy atom. The van der Waals surface area contributed by atoms with Crippen LogP contribution < -0.4 is 0 Å². The van der Waals surface area contributed by atoms with Crippen LogP contribution in [0, 0.1) is 0 Å². The number of nitrogens with zero attached hydrogens (tertiary/aromatic N) is 1. The highest BCUT2D eigenvalue weighted by molar-refractivity contribution is 5.82. The summed E-state index contributed by atoms with van der Waals surface area (Å²) in [6.07, 6.45) is 6.45. The smallest absolute Gasteiger partial charge is 0.314 e. The van der Waals surface area contributed by atoms with Gasteiger partial charge in [0.25, 0.3) is 0 Å². The van der Waals surface area contributed by atoms with E-state index in [2.05, 4.69) is 4.98 Å². The van der Waals surface area contributed by atoms with Crippen molar-refractivity contribution >= 4 is 5.97 Å². The van der Waals surface area contributed by atoms with Gasteiger partial charge in [-0.05, 0) is 30.5 Å². The first kappa shape index (κ1) is 12.0. The number of aliphatic carboxylic acids is 1. The minimum atomic E-state index is -0.734. The van der Waals surface area contributed by atoms with Crippen LogP contribution in [0.25, 0.3) is 11.5 Å². The lowest BCUT2D eigenvalue weighted by molar-refractivity contribution is -0.143. The highest BCUT2D eigenvalue weighted by Crippen LogP contribution is 2.42. The summed E-state index contributed by atoms with van der Waals surface area (Å²) < 4.78 is 5.27. The van der Waals surface area contributed by atoms with Gasteiger partial charge in [0, 0.05) is 5.56 Å². The highest BCUT2D eigenvalue weighted by Gasteiger charge is 2.42. The number of hydrogen-bond acceptors (Lipinski definition) is 3. The van der Waals surface area contributed by atoms with Gasteiger partial charge in [-0.15, -0.1) is 0 Å². The molecule has 4 heteroatoms. The first-order chi connectivity index (χ1) is 9.22. The number of carbonyl (C=O) groups is 1. The lowest BCUT2D eigenvalue weighted by Crippen LogP contribution is -2.32. The molecule has 98 valence electrons. The number of hydrogen-bond donors (Lipinski definition) is 1. The van der Waals surface area contributed by atoms with Crippen molar-refractivity contribution in [1.29, 1.82) is 0 Å². The normalized spacial score (nSPS) is 17.5. The number of aromatic nitrogens is 1. The molecule has 3 rings (SSSR count). The largest absolute Gasteiger partial charge is 0.481 e. The molecule has 0 unspecified atom stereocenters. The van der Waals surface area contributed by atoms with Gasteiger partial charge in [-0.25, -0.2) is 4.98 Å². The number of rotatable bonds is 3. The zero-order chi connectivity index (χ0) is 13.3. The van der Waals surface area contributed by atoms with E-state index in [-0.39, 0.29) is 0 Å². The van der Waals surface area contributed by atoms with Crippen molar-refractivity contribution in [1.82, 2.24) is 4.98 Å². The molecule has 0 aliphatic heterocycles. The van der Waals surface area contributed by atoms with Crippen LogP contribution in [0.1, 0.15) is 31.2 Å². The van der Waals surface area contributed by atoms with E-state index >= 15 is 0 Å². The Morgan fingerprint density at radius 2 is 2.11 bits per heavy atom. The van der Waals surface area contributed by atoms with Gasteiger partial charge in [-0.2, -0.15) is 0 Å². The van der Waals surface area contributed by atoms with Crippen molar-refractivity contribution < 1.29 is 14.3 Å². The Bertz CT molecular complexity index is 583. The van der Waals surface area contributed by atoms with Crippen molar-refractivity contribution in [2.45, 2.75) is 31.1 Å². The van der Waals surface area contributed by atoms with E-state index < -0.39 is 11.4 Å². The van der Waals surface area contributed by atoms with Crippen LogP contribution in [0.3, 0.4) is 0 Å². The van der Waals surface area contributed by atoms with Gasteiger partial charge in [-0.1, -0.05) is 25.0 Å². The summed E-state index contributed by atoms with van der Waals surface area (Å²) >= 11 is 0. The lowest BCUT2D eigenvalue weighted by Gasteiger charge is -2.24. The third-order valence-corrected chi connectivity index (χ3v) is 3.96. The molecule has 4 nitrogen and oxygen atoms in total. The maximum Gasteiger partial charge on any atom is 0.314 e. The molecule has 0 radical (unpaired) electrons. The number of carboxylic acids is 1. The fourth-order valence-electron chi connectivity index (χ4n) is 2.92. The average Bonchev–Trinajstić information content (AvgIpc) is 3.11. The molecule has 1 aliphatic carbocycles. The van der Waals surface area contributed by atoms with Gasteiger partial charge in [0.05, 0.1) is 11.6 Å². The van der Waals surface area contributed by atoms with E-state index in [1.807, 2.05) is 24.3 Å². The van der Waals surface area contributed by atoms with Crippen molar-refractivity contribution in [3.8, 4) is 11.5 Å². The Labute approximate surface area is 111 Å². The zero-order valence-corrected chi connectivity index (χ0v) is 10.5. The third kappa shape index (κ3) is 1.93. The fourth-order valence-corrected chi connectivity index (χ4v) is 2.92. The summed E-state index contributed by atoms with van der Waals surface area (Å²) in [6.45, 7) is 0. The monoisotopic (exact) mass is 257 g/mol. The molecule has 2 aromatic rings. The second kappa shape index (κ2) is 4.53. The molecular formula is C15H15NO3. The first-order valence-corrected chi connectivity index (χ1v) is 6.46. The second-order valence-corrected chi connectivity index (χ2v) is 5.01. The molecule has 1 N–H and O–H groups in total. The molecule has 1 aromatic carbocycles. The van der Waals surface area contributed by atoms with Crippen LogP contribution in [0.5, 0.6) is 0 Å². The van der Waals surface area contributed by atoms with E-state index in [9.17, 15) is 9.90 Å². The molecule has 0 bridgehead atoms. The quantitative estimate of drug-likeness (QED) is 0.916. The van der Waals surface area contributed by atoms with Gasteiger partial charge in [-0.3, -0.25) is 4.79 Å². The molecule has 0 saturated heterocycles. The summed E-state index contributed by atoms with van der Waals surface area (Å²) in [5, 5.41) is 9.60. The molecule has 1 fully saturated rings. The number of carboxylic acid groups (broad SMARTS) is 1.